The number of rotatable bonds is 8. The second-order valence-corrected chi connectivity index (χ2v) is 6.85. The quantitative estimate of drug-likeness (QED) is 0.586. The van der Waals surface area contributed by atoms with Crippen molar-refractivity contribution in [1.82, 2.24) is 9.78 Å². The summed E-state index contributed by atoms with van der Waals surface area (Å²) >= 11 is 0. The summed E-state index contributed by atoms with van der Waals surface area (Å²) in [6, 6.07) is 11.5. The molecule has 0 fully saturated rings. The Balaban J connectivity index is 1.57. The third kappa shape index (κ3) is 4.44. The number of ether oxygens (including phenoxy) is 1. The van der Waals surface area contributed by atoms with E-state index < -0.39 is 0 Å². The summed E-state index contributed by atoms with van der Waals surface area (Å²) in [6.07, 6.45) is 2.75. The number of nitrogens with zero attached hydrogens (tertiary/aromatic N) is 2. The highest BCUT2D eigenvalue weighted by atomic mass is 16.5. The summed E-state index contributed by atoms with van der Waals surface area (Å²) in [5, 5.41) is 7.06. The lowest BCUT2D eigenvalue weighted by atomic mass is 9.99. The lowest BCUT2D eigenvalue weighted by Gasteiger charge is -2.10. The molecule has 0 bridgehead atoms. The van der Waals surface area contributed by atoms with Crippen molar-refractivity contribution in [2.45, 2.75) is 53.2 Å². The third-order valence-electron chi connectivity index (χ3n) is 4.98. The summed E-state index contributed by atoms with van der Waals surface area (Å²) in [6.45, 7) is 9.32. The maximum atomic E-state index is 12.4. The summed E-state index contributed by atoms with van der Waals surface area (Å²) in [7, 11) is 0. The van der Waals surface area contributed by atoms with E-state index in [2.05, 4.69) is 36.4 Å². The molecular weight excluding hydrogens is 354 g/mol. The van der Waals surface area contributed by atoms with E-state index in [0.717, 1.165) is 24.4 Å². The number of aromatic nitrogens is 2. The van der Waals surface area contributed by atoms with Gasteiger partial charge in [0, 0.05) is 6.54 Å². The van der Waals surface area contributed by atoms with Crippen molar-refractivity contribution in [3.05, 3.63) is 65.4 Å². The number of furan rings is 1. The molecule has 3 rings (SSSR count). The normalized spacial score (nSPS) is 12.0. The highest BCUT2D eigenvalue weighted by molar-refractivity contribution is 6.02. The highest BCUT2D eigenvalue weighted by Crippen LogP contribution is 2.22. The Morgan fingerprint density at radius 3 is 2.61 bits per heavy atom. The minimum absolute atomic E-state index is 0.245. The van der Waals surface area contributed by atoms with E-state index in [1.165, 1.54) is 5.56 Å². The molecule has 0 saturated carbocycles. The van der Waals surface area contributed by atoms with Crippen LogP contribution in [-0.4, -0.2) is 15.7 Å². The third-order valence-corrected chi connectivity index (χ3v) is 4.98. The first kappa shape index (κ1) is 19.7. The summed E-state index contributed by atoms with van der Waals surface area (Å²) in [5.74, 6) is 1.85. The van der Waals surface area contributed by atoms with Gasteiger partial charge in [-0.05, 0) is 56.0 Å². The molecule has 0 saturated heterocycles. The predicted molar refractivity (Wildman–Crippen MR) is 109 cm³/mol. The van der Waals surface area contributed by atoms with Crippen molar-refractivity contribution in [2.24, 2.45) is 0 Å². The Morgan fingerprint density at radius 1 is 1.21 bits per heavy atom. The molecule has 3 aromatic rings. The van der Waals surface area contributed by atoms with Crippen LogP contribution in [0.3, 0.4) is 0 Å². The minimum Gasteiger partial charge on any atom is -0.486 e. The molecule has 1 aromatic carbocycles. The van der Waals surface area contributed by atoms with E-state index in [1.807, 2.05) is 30.7 Å². The largest absolute Gasteiger partial charge is 0.486 e. The fraction of sp³-hybridized carbons (Fsp3) is 0.364. The number of anilines is 1. The first-order valence-corrected chi connectivity index (χ1v) is 9.67. The van der Waals surface area contributed by atoms with Gasteiger partial charge >= 0.3 is 0 Å². The monoisotopic (exact) mass is 381 g/mol. The smallest absolute Gasteiger partial charge is 0.291 e. The van der Waals surface area contributed by atoms with Crippen molar-refractivity contribution < 1.29 is 13.9 Å². The number of nitrogens with one attached hydrogen (secondary N) is 1. The second kappa shape index (κ2) is 8.78. The molecule has 0 aliphatic carbocycles. The summed E-state index contributed by atoms with van der Waals surface area (Å²) in [4.78, 5) is 12.4. The first-order valence-electron chi connectivity index (χ1n) is 9.67. The molecule has 1 N–H and O–H groups in total. The van der Waals surface area contributed by atoms with Crippen LogP contribution < -0.4 is 10.1 Å². The molecule has 0 aliphatic rings. The number of carbonyl (C=O) groups is 1. The average molecular weight is 381 g/mol. The van der Waals surface area contributed by atoms with Gasteiger partial charge in [0.1, 0.15) is 18.1 Å². The molecule has 2 aromatic heterocycles. The van der Waals surface area contributed by atoms with Gasteiger partial charge in [-0.25, -0.2) is 0 Å². The van der Waals surface area contributed by atoms with Crippen molar-refractivity contribution in [2.75, 3.05) is 5.32 Å². The molecule has 0 radical (unpaired) electrons. The molecule has 1 atom stereocenters. The average Bonchev–Trinajstić information content (AvgIpc) is 3.33. The molecule has 28 heavy (non-hydrogen) atoms. The number of benzene rings is 1. The van der Waals surface area contributed by atoms with Gasteiger partial charge in [-0.3, -0.25) is 9.48 Å². The van der Waals surface area contributed by atoms with Gasteiger partial charge in [0.15, 0.2) is 5.76 Å². The SMILES string of the molecule is CCC(C)c1ccc(OCc2ccc(C(=O)Nc3cnn(CC)c3C)o2)cc1. The van der Waals surface area contributed by atoms with Gasteiger partial charge in [-0.1, -0.05) is 26.0 Å². The van der Waals surface area contributed by atoms with Crippen molar-refractivity contribution >= 4 is 11.6 Å². The topological polar surface area (TPSA) is 69.3 Å². The standard InChI is InChI=1S/C22H27N3O3/c1-5-15(3)17-7-9-18(10-8-17)27-14-19-11-12-21(28-19)22(26)24-20-13-23-25(6-2)16(20)4/h7-13,15H,5-6,14H2,1-4H3,(H,24,26). The van der Waals surface area contributed by atoms with Crippen LogP contribution in [0.4, 0.5) is 5.69 Å². The highest BCUT2D eigenvalue weighted by Gasteiger charge is 2.15. The Kier molecular flexibility index (Phi) is 6.19. The summed E-state index contributed by atoms with van der Waals surface area (Å²) in [5.41, 5.74) is 2.89. The van der Waals surface area contributed by atoms with Crippen molar-refractivity contribution in [1.29, 1.82) is 0 Å². The molecule has 1 unspecified atom stereocenters. The Hall–Kier alpha value is -3.02. The zero-order valence-electron chi connectivity index (χ0n) is 16.9. The van der Waals surface area contributed by atoms with E-state index in [-0.39, 0.29) is 18.3 Å². The Morgan fingerprint density at radius 2 is 1.96 bits per heavy atom. The lowest BCUT2D eigenvalue weighted by Crippen LogP contribution is -2.11. The fourth-order valence-electron chi connectivity index (χ4n) is 2.93. The molecule has 6 heteroatoms. The van der Waals surface area contributed by atoms with Crippen LogP contribution in [0.2, 0.25) is 0 Å². The predicted octanol–water partition coefficient (Wildman–Crippen LogP) is 5.15. The van der Waals surface area contributed by atoms with E-state index in [0.29, 0.717) is 17.4 Å². The van der Waals surface area contributed by atoms with Crippen LogP contribution >= 0.6 is 0 Å². The van der Waals surface area contributed by atoms with Gasteiger partial charge in [0.05, 0.1) is 17.6 Å². The number of amides is 1. The molecule has 0 spiro atoms. The number of hydrogen-bond donors (Lipinski definition) is 1. The maximum Gasteiger partial charge on any atom is 0.291 e. The number of carbonyl (C=O) groups excluding carboxylic acids is 1. The van der Waals surface area contributed by atoms with Crippen molar-refractivity contribution in [3.8, 4) is 5.75 Å². The molecule has 2 heterocycles. The van der Waals surface area contributed by atoms with Gasteiger partial charge in [0.2, 0.25) is 0 Å². The van der Waals surface area contributed by atoms with Crippen LogP contribution in [0.15, 0.2) is 47.0 Å². The van der Waals surface area contributed by atoms with E-state index in [1.54, 1.807) is 18.3 Å². The van der Waals surface area contributed by atoms with E-state index in [4.69, 9.17) is 9.15 Å². The van der Waals surface area contributed by atoms with E-state index in [9.17, 15) is 4.79 Å². The van der Waals surface area contributed by atoms with Gasteiger partial charge in [0.25, 0.3) is 5.91 Å². The fourth-order valence-corrected chi connectivity index (χ4v) is 2.93. The van der Waals surface area contributed by atoms with E-state index >= 15 is 0 Å². The van der Waals surface area contributed by atoms with Gasteiger partial charge < -0.3 is 14.5 Å². The Bertz CT molecular complexity index is 925. The van der Waals surface area contributed by atoms with Crippen LogP contribution in [0.1, 0.15) is 60.7 Å². The number of hydrogen-bond acceptors (Lipinski definition) is 4. The van der Waals surface area contributed by atoms with Crippen LogP contribution in [-0.2, 0) is 13.2 Å². The molecule has 6 nitrogen and oxygen atoms in total. The first-order chi connectivity index (χ1) is 13.5. The lowest BCUT2D eigenvalue weighted by molar-refractivity contribution is 0.0992. The summed E-state index contributed by atoms with van der Waals surface area (Å²) < 4.78 is 13.2. The zero-order valence-corrected chi connectivity index (χ0v) is 16.9. The molecule has 1 amide bonds. The van der Waals surface area contributed by atoms with Crippen molar-refractivity contribution in [3.63, 3.8) is 0 Å². The number of aryl methyl sites for hydroxylation is 1. The maximum absolute atomic E-state index is 12.4. The molecular formula is C22H27N3O3. The Labute approximate surface area is 165 Å². The van der Waals surface area contributed by atoms with Gasteiger partial charge in [-0.2, -0.15) is 5.10 Å². The van der Waals surface area contributed by atoms with Gasteiger partial charge in [-0.15, -0.1) is 0 Å². The second-order valence-electron chi connectivity index (χ2n) is 6.85. The molecule has 148 valence electrons. The van der Waals surface area contributed by atoms with Crippen LogP contribution in [0.5, 0.6) is 5.75 Å². The zero-order chi connectivity index (χ0) is 20.1. The van der Waals surface area contributed by atoms with Crippen LogP contribution in [0.25, 0.3) is 0 Å². The minimum atomic E-state index is -0.303. The van der Waals surface area contributed by atoms with Crippen LogP contribution in [0, 0.1) is 6.92 Å². The molecule has 0 aliphatic heterocycles.